The zero-order valence-corrected chi connectivity index (χ0v) is 10.7. The first kappa shape index (κ1) is 12.5. The number of rotatable bonds is 3. The van der Waals surface area contributed by atoms with E-state index in [9.17, 15) is 4.79 Å². The summed E-state index contributed by atoms with van der Waals surface area (Å²) in [6.45, 7) is 4.55. The van der Waals surface area contributed by atoms with E-state index in [-0.39, 0.29) is 17.9 Å². The van der Waals surface area contributed by atoms with Gasteiger partial charge in [-0.1, -0.05) is 6.07 Å². The third kappa shape index (κ3) is 2.65. The van der Waals surface area contributed by atoms with Crippen LogP contribution in [-0.4, -0.2) is 18.6 Å². The summed E-state index contributed by atoms with van der Waals surface area (Å²) < 4.78 is 5.62. The van der Waals surface area contributed by atoms with Crippen molar-refractivity contribution in [3.63, 3.8) is 0 Å². The number of carbonyl (C=O) groups excluding carboxylic acids is 1. The van der Waals surface area contributed by atoms with Crippen molar-refractivity contribution in [1.29, 1.82) is 0 Å². The van der Waals surface area contributed by atoms with Gasteiger partial charge in [-0.2, -0.15) is 0 Å². The summed E-state index contributed by atoms with van der Waals surface area (Å²) in [7, 11) is 0. The number of terminal acetylenes is 1. The highest BCUT2D eigenvalue weighted by molar-refractivity contribution is 5.96. The van der Waals surface area contributed by atoms with E-state index in [1.54, 1.807) is 4.90 Å². The molecule has 94 valence electrons. The van der Waals surface area contributed by atoms with E-state index in [0.717, 1.165) is 11.4 Å². The number of hydrogen-bond donors (Lipinski definition) is 0. The lowest BCUT2D eigenvalue weighted by Gasteiger charge is -2.18. The minimum absolute atomic E-state index is 0.0205. The lowest BCUT2D eigenvalue weighted by Crippen LogP contribution is -2.24. The van der Waals surface area contributed by atoms with Gasteiger partial charge in [-0.25, -0.2) is 0 Å². The van der Waals surface area contributed by atoms with E-state index in [4.69, 9.17) is 11.2 Å². The Morgan fingerprint density at radius 1 is 1.50 bits per heavy atom. The summed E-state index contributed by atoms with van der Waals surface area (Å²) >= 11 is 0. The van der Waals surface area contributed by atoms with Gasteiger partial charge in [0.2, 0.25) is 5.91 Å². The Hall–Kier alpha value is -1.95. The molecule has 1 aromatic carbocycles. The molecule has 1 unspecified atom stereocenters. The molecule has 0 N–H and O–H groups in total. The van der Waals surface area contributed by atoms with Crippen LogP contribution in [0.15, 0.2) is 24.3 Å². The first-order valence-electron chi connectivity index (χ1n) is 6.13. The molecule has 0 aliphatic carbocycles. The number of nitrogens with zero attached hydrogens (tertiary/aromatic N) is 1. The fourth-order valence-electron chi connectivity index (χ4n) is 2.07. The van der Waals surface area contributed by atoms with Crippen LogP contribution >= 0.6 is 0 Å². The molecule has 1 aliphatic rings. The van der Waals surface area contributed by atoms with Gasteiger partial charge in [0.1, 0.15) is 5.75 Å². The largest absolute Gasteiger partial charge is 0.491 e. The lowest BCUT2D eigenvalue weighted by atomic mass is 10.1. The Morgan fingerprint density at radius 2 is 2.28 bits per heavy atom. The van der Waals surface area contributed by atoms with E-state index < -0.39 is 0 Å². The summed E-state index contributed by atoms with van der Waals surface area (Å²) in [5.41, 5.74) is 0.857. The summed E-state index contributed by atoms with van der Waals surface area (Å²) in [6, 6.07) is 7.58. The molecule has 0 radical (unpaired) electrons. The average Bonchev–Trinajstić information content (AvgIpc) is 2.70. The molecule has 3 heteroatoms. The van der Waals surface area contributed by atoms with Crippen molar-refractivity contribution in [3.8, 4) is 18.1 Å². The predicted octanol–water partition coefficient (Wildman–Crippen LogP) is 2.46. The maximum absolute atomic E-state index is 11.9. The molecule has 1 atom stereocenters. The van der Waals surface area contributed by atoms with Crippen LogP contribution in [0.4, 0.5) is 5.69 Å². The van der Waals surface area contributed by atoms with Gasteiger partial charge < -0.3 is 9.64 Å². The van der Waals surface area contributed by atoms with Crippen LogP contribution in [0.5, 0.6) is 5.75 Å². The molecule has 18 heavy (non-hydrogen) atoms. The van der Waals surface area contributed by atoms with E-state index in [1.807, 2.05) is 38.1 Å². The van der Waals surface area contributed by atoms with Gasteiger partial charge >= 0.3 is 0 Å². The minimum atomic E-state index is 0.0205. The Morgan fingerprint density at radius 3 is 2.89 bits per heavy atom. The fraction of sp³-hybridized carbons (Fsp3) is 0.400. The van der Waals surface area contributed by atoms with Crippen molar-refractivity contribution in [2.24, 2.45) is 5.92 Å². The Kier molecular flexibility index (Phi) is 3.57. The second-order valence-corrected chi connectivity index (χ2v) is 4.74. The molecular weight excluding hydrogens is 226 g/mol. The van der Waals surface area contributed by atoms with Gasteiger partial charge in [0.25, 0.3) is 0 Å². The SMILES string of the molecule is C#CC1CC(=O)N(c2cccc(OC(C)C)c2)C1. The number of carbonyl (C=O) groups is 1. The van der Waals surface area contributed by atoms with E-state index >= 15 is 0 Å². The third-order valence-corrected chi connectivity index (χ3v) is 2.86. The second kappa shape index (κ2) is 5.14. The molecule has 0 bridgehead atoms. The molecule has 3 nitrogen and oxygen atoms in total. The zero-order valence-electron chi connectivity index (χ0n) is 10.7. The van der Waals surface area contributed by atoms with Crippen molar-refractivity contribution in [2.45, 2.75) is 26.4 Å². The van der Waals surface area contributed by atoms with Crippen LogP contribution in [0.3, 0.4) is 0 Å². The van der Waals surface area contributed by atoms with Crippen molar-refractivity contribution >= 4 is 11.6 Å². The highest BCUT2D eigenvalue weighted by Gasteiger charge is 2.29. The Labute approximate surface area is 108 Å². The standard InChI is InChI=1S/C15H17NO2/c1-4-12-8-15(17)16(10-12)13-6-5-7-14(9-13)18-11(2)3/h1,5-7,9,11-12H,8,10H2,2-3H3. The summed E-state index contributed by atoms with van der Waals surface area (Å²) in [5, 5.41) is 0. The number of ether oxygens (including phenoxy) is 1. The molecule has 1 amide bonds. The van der Waals surface area contributed by atoms with Crippen LogP contribution in [0.1, 0.15) is 20.3 Å². The van der Waals surface area contributed by atoms with Crippen LogP contribution in [0.25, 0.3) is 0 Å². The quantitative estimate of drug-likeness (QED) is 0.763. The zero-order chi connectivity index (χ0) is 13.1. The van der Waals surface area contributed by atoms with E-state index in [2.05, 4.69) is 5.92 Å². The minimum Gasteiger partial charge on any atom is -0.491 e. The van der Waals surface area contributed by atoms with E-state index in [1.165, 1.54) is 0 Å². The Balaban J connectivity index is 2.19. The third-order valence-electron chi connectivity index (χ3n) is 2.86. The number of hydrogen-bond acceptors (Lipinski definition) is 2. The first-order valence-corrected chi connectivity index (χ1v) is 6.13. The smallest absolute Gasteiger partial charge is 0.228 e. The molecule has 1 aromatic rings. The van der Waals surface area contributed by atoms with Gasteiger partial charge in [0.15, 0.2) is 0 Å². The van der Waals surface area contributed by atoms with Crippen molar-refractivity contribution in [1.82, 2.24) is 0 Å². The van der Waals surface area contributed by atoms with Crippen LogP contribution in [0, 0.1) is 18.3 Å². The van der Waals surface area contributed by atoms with Crippen LogP contribution in [-0.2, 0) is 4.79 Å². The molecule has 1 heterocycles. The number of anilines is 1. The van der Waals surface area contributed by atoms with Crippen molar-refractivity contribution in [2.75, 3.05) is 11.4 Å². The number of amides is 1. The molecule has 1 fully saturated rings. The summed E-state index contributed by atoms with van der Waals surface area (Å²) in [4.78, 5) is 13.6. The van der Waals surface area contributed by atoms with Crippen LogP contribution in [0.2, 0.25) is 0 Å². The van der Waals surface area contributed by atoms with Crippen molar-refractivity contribution in [3.05, 3.63) is 24.3 Å². The summed E-state index contributed by atoms with van der Waals surface area (Å²) in [6.07, 6.45) is 5.93. The maximum atomic E-state index is 11.9. The van der Waals surface area contributed by atoms with Gasteiger partial charge in [0.05, 0.1) is 6.10 Å². The fourth-order valence-corrected chi connectivity index (χ4v) is 2.07. The van der Waals surface area contributed by atoms with Crippen LogP contribution < -0.4 is 9.64 Å². The molecule has 1 aliphatic heterocycles. The highest BCUT2D eigenvalue weighted by atomic mass is 16.5. The molecule has 1 saturated heterocycles. The molecule has 2 rings (SSSR count). The number of benzene rings is 1. The molecule has 0 aromatic heterocycles. The monoisotopic (exact) mass is 243 g/mol. The average molecular weight is 243 g/mol. The second-order valence-electron chi connectivity index (χ2n) is 4.74. The van der Waals surface area contributed by atoms with Gasteiger partial charge in [-0.3, -0.25) is 4.79 Å². The highest BCUT2D eigenvalue weighted by Crippen LogP contribution is 2.27. The topological polar surface area (TPSA) is 29.5 Å². The Bertz CT molecular complexity index is 488. The van der Waals surface area contributed by atoms with E-state index in [0.29, 0.717) is 13.0 Å². The summed E-state index contributed by atoms with van der Waals surface area (Å²) in [5.74, 6) is 3.53. The molecular formula is C15H17NO2. The first-order chi connectivity index (χ1) is 8.60. The van der Waals surface area contributed by atoms with Gasteiger partial charge in [0, 0.05) is 30.6 Å². The molecule has 0 spiro atoms. The maximum Gasteiger partial charge on any atom is 0.228 e. The normalized spacial score (nSPS) is 19.1. The molecule has 0 saturated carbocycles. The lowest BCUT2D eigenvalue weighted by molar-refractivity contribution is -0.117. The van der Waals surface area contributed by atoms with Gasteiger partial charge in [-0.05, 0) is 26.0 Å². The van der Waals surface area contributed by atoms with Crippen molar-refractivity contribution < 1.29 is 9.53 Å². The predicted molar refractivity (Wildman–Crippen MR) is 71.5 cm³/mol. The van der Waals surface area contributed by atoms with Gasteiger partial charge in [-0.15, -0.1) is 12.3 Å².